The minimum absolute atomic E-state index is 0.0615. The summed E-state index contributed by atoms with van der Waals surface area (Å²) in [5.41, 5.74) is 4.31. The van der Waals surface area contributed by atoms with Crippen molar-refractivity contribution in [3.8, 4) is 11.5 Å². The van der Waals surface area contributed by atoms with Crippen LogP contribution in [0.1, 0.15) is 5.56 Å². The second-order valence-electron chi connectivity index (χ2n) is 4.12. The molecule has 3 N–H and O–H groups in total. The van der Waals surface area contributed by atoms with Gasteiger partial charge in [-0.25, -0.2) is 0 Å². The Bertz CT molecular complexity index is 645. The summed E-state index contributed by atoms with van der Waals surface area (Å²) in [6, 6.07) is 14.5. The number of para-hydroxylation sites is 1. The normalized spacial score (nSPS) is 10.3. The van der Waals surface area contributed by atoms with E-state index in [0.717, 1.165) is 11.3 Å². The summed E-state index contributed by atoms with van der Waals surface area (Å²) in [6.07, 6.45) is 1.55. The molecule has 0 aliphatic carbocycles. The van der Waals surface area contributed by atoms with Gasteiger partial charge >= 0.3 is 0 Å². The Morgan fingerprint density at radius 1 is 1.24 bits per heavy atom. The van der Waals surface area contributed by atoms with Crippen molar-refractivity contribution in [1.29, 1.82) is 0 Å². The molecule has 2 rings (SSSR count). The molecule has 5 nitrogen and oxygen atoms in total. The van der Waals surface area contributed by atoms with Crippen molar-refractivity contribution < 1.29 is 9.84 Å². The van der Waals surface area contributed by atoms with Crippen LogP contribution >= 0.6 is 12.2 Å². The van der Waals surface area contributed by atoms with Crippen LogP contribution in [0.4, 0.5) is 5.69 Å². The second-order valence-corrected chi connectivity index (χ2v) is 4.53. The monoisotopic (exact) mass is 301 g/mol. The van der Waals surface area contributed by atoms with Gasteiger partial charge in [-0.05, 0) is 48.1 Å². The molecule has 6 heteroatoms. The molecule has 2 aromatic carbocycles. The standard InChI is InChI=1S/C15H15N3O2S/c1-20-14-8-7-11(9-13(14)19)10-16-18-15(21)17-12-5-3-2-4-6-12/h2-10,19H,1H3,(H2,17,18,21). The van der Waals surface area contributed by atoms with Gasteiger partial charge in [0.25, 0.3) is 0 Å². The predicted octanol–water partition coefficient (Wildman–Crippen LogP) is 2.72. The Hall–Kier alpha value is -2.60. The van der Waals surface area contributed by atoms with Gasteiger partial charge in [0.15, 0.2) is 16.6 Å². The number of nitrogens with one attached hydrogen (secondary N) is 2. The number of nitrogens with zero attached hydrogens (tertiary/aromatic N) is 1. The number of phenols is 1. The average molecular weight is 301 g/mol. The number of aromatic hydroxyl groups is 1. The Labute approximate surface area is 128 Å². The highest BCUT2D eigenvalue weighted by atomic mass is 32.1. The molecule has 0 amide bonds. The fraction of sp³-hybridized carbons (Fsp3) is 0.0667. The lowest BCUT2D eigenvalue weighted by molar-refractivity contribution is 0.373. The van der Waals surface area contributed by atoms with Gasteiger partial charge in [-0.3, -0.25) is 5.43 Å². The molecule has 0 bridgehead atoms. The van der Waals surface area contributed by atoms with E-state index in [1.807, 2.05) is 30.3 Å². The number of hydrogen-bond acceptors (Lipinski definition) is 4. The van der Waals surface area contributed by atoms with Crippen LogP contribution in [0.15, 0.2) is 53.6 Å². The lowest BCUT2D eigenvalue weighted by Gasteiger charge is -2.06. The number of benzene rings is 2. The molecule has 0 saturated heterocycles. The van der Waals surface area contributed by atoms with Crippen molar-refractivity contribution in [1.82, 2.24) is 5.43 Å². The largest absolute Gasteiger partial charge is 0.504 e. The topological polar surface area (TPSA) is 65.9 Å². The molecule has 21 heavy (non-hydrogen) atoms. The smallest absolute Gasteiger partial charge is 0.191 e. The summed E-state index contributed by atoms with van der Waals surface area (Å²) in [4.78, 5) is 0. The highest BCUT2D eigenvalue weighted by Crippen LogP contribution is 2.25. The van der Waals surface area contributed by atoms with Crippen LogP contribution in [0, 0.1) is 0 Å². The third-order valence-electron chi connectivity index (χ3n) is 2.61. The maximum Gasteiger partial charge on any atom is 0.191 e. The average Bonchev–Trinajstić information content (AvgIpc) is 2.48. The van der Waals surface area contributed by atoms with E-state index in [1.54, 1.807) is 24.4 Å². The third kappa shape index (κ3) is 4.47. The molecule has 0 unspecified atom stereocenters. The van der Waals surface area contributed by atoms with Gasteiger partial charge in [0, 0.05) is 5.69 Å². The summed E-state index contributed by atoms with van der Waals surface area (Å²) < 4.78 is 4.97. The fourth-order valence-electron chi connectivity index (χ4n) is 1.63. The molecule has 0 spiro atoms. The van der Waals surface area contributed by atoms with Crippen molar-refractivity contribution in [2.75, 3.05) is 12.4 Å². The fourth-order valence-corrected chi connectivity index (χ4v) is 1.80. The first-order valence-electron chi connectivity index (χ1n) is 6.21. The number of hydrogen-bond donors (Lipinski definition) is 3. The van der Waals surface area contributed by atoms with E-state index >= 15 is 0 Å². The summed E-state index contributed by atoms with van der Waals surface area (Å²) in [7, 11) is 1.50. The van der Waals surface area contributed by atoms with Gasteiger partial charge in [-0.15, -0.1) is 0 Å². The molecule has 108 valence electrons. The quantitative estimate of drug-likeness (QED) is 0.460. The number of methoxy groups -OCH3 is 1. The van der Waals surface area contributed by atoms with Crippen LogP contribution in [-0.4, -0.2) is 23.5 Å². The molecule has 0 radical (unpaired) electrons. The van der Waals surface area contributed by atoms with Crippen LogP contribution in [0.25, 0.3) is 0 Å². The van der Waals surface area contributed by atoms with E-state index in [0.29, 0.717) is 10.9 Å². The molecular formula is C15H15N3O2S. The Morgan fingerprint density at radius 2 is 2.00 bits per heavy atom. The first-order valence-corrected chi connectivity index (χ1v) is 6.62. The van der Waals surface area contributed by atoms with E-state index in [1.165, 1.54) is 7.11 Å². The van der Waals surface area contributed by atoms with Gasteiger partial charge in [-0.2, -0.15) is 5.10 Å². The summed E-state index contributed by atoms with van der Waals surface area (Å²) in [5, 5.41) is 17.0. The highest BCUT2D eigenvalue weighted by molar-refractivity contribution is 7.80. The summed E-state index contributed by atoms with van der Waals surface area (Å²) in [5.74, 6) is 0.479. The van der Waals surface area contributed by atoms with Crippen LogP contribution in [-0.2, 0) is 0 Å². The number of hydrazone groups is 1. The second kappa shape index (κ2) is 7.25. The van der Waals surface area contributed by atoms with E-state index in [-0.39, 0.29) is 5.75 Å². The number of thiocarbonyl (C=S) groups is 1. The van der Waals surface area contributed by atoms with Crippen LogP contribution < -0.4 is 15.5 Å². The molecule has 0 atom stereocenters. The van der Waals surface area contributed by atoms with E-state index in [2.05, 4.69) is 15.8 Å². The van der Waals surface area contributed by atoms with Crippen molar-refractivity contribution in [3.05, 3.63) is 54.1 Å². The van der Waals surface area contributed by atoms with E-state index in [4.69, 9.17) is 17.0 Å². The number of rotatable bonds is 4. The number of ether oxygens (including phenoxy) is 1. The van der Waals surface area contributed by atoms with Crippen molar-refractivity contribution in [2.24, 2.45) is 5.10 Å². The van der Waals surface area contributed by atoms with Crippen molar-refractivity contribution >= 4 is 29.2 Å². The maximum absolute atomic E-state index is 9.65. The molecule has 0 aliphatic heterocycles. The van der Waals surface area contributed by atoms with Gasteiger partial charge in [-0.1, -0.05) is 18.2 Å². The van der Waals surface area contributed by atoms with E-state index in [9.17, 15) is 5.11 Å². The van der Waals surface area contributed by atoms with Crippen LogP contribution in [0.2, 0.25) is 0 Å². The Morgan fingerprint density at radius 3 is 2.67 bits per heavy atom. The van der Waals surface area contributed by atoms with Crippen LogP contribution in [0.3, 0.4) is 0 Å². The lowest BCUT2D eigenvalue weighted by atomic mass is 10.2. The van der Waals surface area contributed by atoms with Gasteiger partial charge < -0.3 is 15.2 Å². The zero-order valence-corrected chi connectivity index (χ0v) is 12.2. The predicted molar refractivity (Wildman–Crippen MR) is 88.1 cm³/mol. The van der Waals surface area contributed by atoms with Gasteiger partial charge in [0.1, 0.15) is 0 Å². The van der Waals surface area contributed by atoms with Crippen molar-refractivity contribution in [2.45, 2.75) is 0 Å². The molecule has 0 fully saturated rings. The van der Waals surface area contributed by atoms with Crippen LogP contribution in [0.5, 0.6) is 11.5 Å². The minimum Gasteiger partial charge on any atom is -0.504 e. The van der Waals surface area contributed by atoms with Gasteiger partial charge in [0.05, 0.1) is 13.3 Å². The zero-order valence-electron chi connectivity index (χ0n) is 11.4. The zero-order chi connectivity index (χ0) is 15.1. The molecule has 0 aliphatic rings. The summed E-state index contributed by atoms with van der Waals surface area (Å²) >= 11 is 5.11. The lowest BCUT2D eigenvalue weighted by Crippen LogP contribution is -2.23. The maximum atomic E-state index is 9.65. The molecule has 0 aromatic heterocycles. The number of phenolic OH excluding ortho intramolecular Hbond substituents is 1. The molecule has 0 saturated carbocycles. The first kappa shape index (κ1) is 14.8. The first-order chi connectivity index (χ1) is 10.2. The summed E-state index contributed by atoms with van der Waals surface area (Å²) in [6.45, 7) is 0. The Kier molecular flexibility index (Phi) is 5.11. The third-order valence-corrected chi connectivity index (χ3v) is 2.81. The number of anilines is 1. The SMILES string of the molecule is COc1ccc(C=NNC(=S)Nc2ccccc2)cc1O. The highest BCUT2D eigenvalue weighted by Gasteiger charge is 2.00. The molecule has 2 aromatic rings. The van der Waals surface area contributed by atoms with E-state index < -0.39 is 0 Å². The minimum atomic E-state index is 0.0615. The van der Waals surface area contributed by atoms with Crippen molar-refractivity contribution in [3.63, 3.8) is 0 Å². The molecular weight excluding hydrogens is 286 g/mol. The van der Waals surface area contributed by atoms with Gasteiger partial charge in [0.2, 0.25) is 0 Å². The molecule has 0 heterocycles. The Balaban J connectivity index is 1.90.